The van der Waals surface area contributed by atoms with E-state index >= 15 is 0 Å². The van der Waals surface area contributed by atoms with E-state index in [0.717, 1.165) is 11.1 Å². The van der Waals surface area contributed by atoms with Crippen molar-refractivity contribution >= 4 is 18.7 Å². The first-order valence-corrected chi connectivity index (χ1v) is 15.2. The molecule has 5 nitrogen and oxygen atoms in total. The van der Waals surface area contributed by atoms with E-state index < -0.39 is 14.4 Å². The lowest BCUT2D eigenvalue weighted by atomic mass is 10.0. The quantitative estimate of drug-likeness (QED) is 0.268. The van der Waals surface area contributed by atoms with Crippen molar-refractivity contribution in [1.29, 1.82) is 0 Å². The second-order valence-electron chi connectivity index (χ2n) is 10.9. The Bertz CT molecular complexity index is 1350. The first-order chi connectivity index (χ1) is 18.8. The first kappa shape index (κ1) is 27.0. The number of benzene rings is 4. The van der Waals surface area contributed by atoms with Crippen LogP contribution in [0.3, 0.4) is 0 Å². The van der Waals surface area contributed by atoms with Gasteiger partial charge in [0, 0.05) is 11.1 Å². The molecule has 6 heteroatoms. The standard InChI is InChI=1S/C33H36O5Si/c1-24-30(38-39(33(2,3)4,26-16-10-6-11-17-26)27-18-12-7-13-19-27)20-28(32-31(24)36-23-37-32)29(34)22-35-21-25-14-8-5-9-15-25/h5-20,29,34H,21-23H2,1-4H3/t29-/m1/s1. The lowest BCUT2D eigenvalue weighted by Gasteiger charge is -2.43. The minimum Gasteiger partial charge on any atom is -0.534 e. The largest absolute Gasteiger partial charge is 0.534 e. The Morgan fingerprint density at radius 1 is 0.821 bits per heavy atom. The summed E-state index contributed by atoms with van der Waals surface area (Å²) in [5.74, 6) is 1.85. The molecule has 0 radical (unpaired) electrons. The molecule has 0 saturated heterocycles. The third-order valence-corrected chi connectivity index (χ3v) is 12.2. The van der Waals surface area contributed by atoms with Crippen LogP contribution in [0, 0.1) is 6.92 Å². The summed E-state index contributed by atoms with van der Waals surface area (Å²) in [6.45, 7) is 9.35. The first-order valence-electron chi connectivity index (χ1n) is 13.3. The fourth-order valence-electron chi connectivity index (χ4n) is 5.32. The molecule has 0 saturated carbocycles. The molecule has 0 bridgehead atoms. The van der Waals surface area contributed by atoms with Crippen LogP contribution in [-0.4, -0.2) is 26.8 Å². The summed E-state index contributed by atoms with van der Waals surface area (Å²) in [7, 11) is -2.89. The smallest absolute Gasteiger partial charge is 0.319 e. The highest BCUT2D eigenvalue weighted by molar-refractivity contribution is 7.00. The Hall–Kier alpha value is -3.58. The van der Waals surface area contributed by atoms with Crippen LogP contribution >= 0.6 is 0 Å². The molecule has 5 rings (SSSR count). The molecule has 39 heavy (non-hydrogen) atoms. The van der Waals surface area contributed by atoms with Gasteiger partial charge in [0.2, 0.25) is 6.79 Å². The lowest BCUT2D eigenvalue weighted by Crippen LogP contribution is -2.68. The number of fused-ring (bicyclic) bond motifs is 1. The Balaban J connectivity index is 1.56. The molecule has 0 spiro atoms. The maximum absolute atomic E-state index is 11.3. The average Bonchev–Trinajstić information content (AvgIpc) is 3.44. The maximum atomic E-state index is 11.3. The van der Waals surface area contributed by atoms with E-state index in [2.05, 4.69) is 69.3 Å². The highest BCUT2D eigenvalue weighted by Crippen LogP contribution is 2.47. The topological polar surface area (TPSA) is 57.2 Å². The van der Waals surface area contributed by atoms with Gasteiger partial charge in [-0.15, -0.1) is 0 Å². The van der Waals surface area contributed by atoms with Crippen molar-refractivity contribution in [1.82, 2.24) is 0 Å². The van der Waals surface area contributed by atoms with Gasteiger partial charge in [-0.05, 0) is 34.0 Å². The van der Waals surface area contributed by atoms with Crippen LogP contribution in [0.2, 0.25) is 5.04 Å². The third-order valence-electron chi connectivity index (χ3n) is 7.30. The number of hydrogen-bond donors (Lipinski definition) is 1. The second kappa shape index (κ2) is 11.3. The predicted molar refractivity (Wildman–Crippen MR) is 157 cm³/mol. The second-order valence-corrected chi connectivity index (χ2v) is 15.2. The molecule has 4 aromatic rings. The van der Waals surface area contributed by atoms with Crippen molar-refractivity contribution in [2.24, 2.45) is 0 Å². The van der Waals surface area contributed by atoms with Crippen molar-refractivity contribution < 1.29 is 23.7 Å². The number of aliphatic hydroxyl groups is 1. The van der Waals surface area contributed by atoms with Crippen LogP contribution in [0.5, 0.6) is 17.2 Å². The van der Waals surface area contributed by atoms with Gasteiger partial charge in [0.25, 0.3) is 0 Å². The third kappa shape index (κ3) is 5.32. The molecule has 202 valence electrons. The molecular weight excluding hydrogens is 504 g/mol. The van der Waals surface area contributed by atoms with E-state index in [1.165, 1.54) is 10.4 Å². The SMILES string of the molecule is Cc1c(O[Si](c2ccccc2)(c2ccccc2)C(C)(C)C)cc([C@H](O)COCc2ccccc2)c2c1OCO2. The fourth-order valence-corrected chi connectivity index (χ4v) is 9.79. The summed E-state index contributed by atoms with van der Waals surface area (Å²) in [5.41, 5.74) is 2.51. The van der Waals surface area contributed by atoms with Crippen molar-refractivity contribution in [3.05, 3.63) is 114 Å². The van der Waals surface area contributed by atoms with Crippen molar-refractivity contribution in [3.8, 4) is 17.2 Å². The molecular formula is C33H36O5Si. The van der Waals surface area contributed by atoms with Gasteiger partial charge in [-0.3, -0.25) is 0 Å². The summed E-state index contributed by atoms with van der Waals surface area (Å²) in [5, 5.41) is 13.4. The van der Waals surface area contributed by atoms with Crippen LogP contribution in [0.15, 0.2) is 97.1 Å². The van der Waals surface area contributed by atoms with Gasteiger partial charge in [0.15, 0.2) is 11.5 Å². The predicted octanol–water partition coefficient (Wildman–Crippen LogP) is 5.91. The van der Waals surface area contributed by atoms with Gasteiger partial charge in [0.05, 0.1) is 13.2 Å². The zero-order valence-electron chi connectivity index (χ0n) is 23.0. The van der Waals surface area contributed by atoms with Gasteiger partial charge in [-0.1, -0.05) is 112 Å². The molecule has 4 aromatic carbocycles. The normalized spacial score (nSPS) is 13.8. The lowest BCUT2D eigenvalue weighted by molar-refractivity contribution is 0.0263. The number of aliphatic hydroxyl groups excluding tert-OH is 1. The Morgan fingerprint density at radius 2 is 1.36 bits per heavy atom. The van der Waals surface area contributed by atoms with Crippen LogP contribution in [0.4, 0.5) is 0 Å². The molecule has 0 aromatic heterocycles. The summed E-state index contributed by atoms with van der Waals surface area (Å²) in [4.78, 5) is 0. The Morgan fingerprint density at radius 3 is 1.92 bits per heavy atom. The van der Waals surface area contributed by atoms with E-state index in [1.807, 2.05) is 55.5 Å². The number of rotatable bonds is 9. The monoisotopic (exact) mass is 540 g/mol. The molecule has 1 atom stereocenters. The van der Waals surface area contributed by atoms with E-state index in [-0.39, 0.29) is 18.4 Å². The maximum Gasteiger partial charge on any atom is 0.319 e. The number of ether oxygens (including phenoxy) is 3. The molecule has 1 aliphatic rings. The molecule has 0 fully saturated rings. The summed E-state index contributed by atoms with van der Waals surface area (Å²) >= 11 is 0. The average molecular weight is 541 g/mol. The van der Waals surface area contributed by atoms with Crippen molar-refractivity contribution in [2.75, 3.05) is 13.4 Å². The summed E-state index contributed by atoms with van der Waals surface area (Å²) < 4.78 is 24.9. The van der Waals surface area contributed by atoms with Crippen molar-refractivity contribution in [2.45, 2.75) is 45.4 Å². The minimum atomic E-state index is -2.89. The van der Waals surface area contributed by atoms with Gasteiger partial charge in [0.1, 0.15) is 11.9 Å². The zero-order valence-corrected chi connectivity index (χ0v) is 24.0. The molecule has 0 unspecified atom stereocenters. The highest BCUT2D eigenvalue weighted by Gasteiger charge is 2.52. The Kier molecular flexibility index (Phi) is 7.80. The highest BCUT2D eigenvalue weighted by atomic mass is 28.4. The summed E-state index contributed by atoms with van der Waals surface area (Å²) in [6, 6.07) is 32.9. The molecule has 1 heterocycles. The molecule has 1 aliphatic heterocycles. The molecule has 0 aliphatic carbocycles. The van der Waals surface area contributed by atoms with Gasteiger partial charge in [-0.25, -0.2) is 0 Å². The molecule has 0 amide bonds. The van der Waals surface area contributed by atoms with Crippen LogP contribution in [0.25, 0.3) is 0 Å². The van der Waals surface area contributed by atoms with E-state index in [0.29, 0.717) is 29.4 Å². The van der Waals surface area contributed by atoms with Crippen molar-refractivity contribution in [3.63, 3.8) is 0 Å². The zero-order chi connectivity index (χ0) is 27.5. The summed E-state index contributed by atoms with van der Waals surface area (Å²) in [6.07, 6.45) is -0.911. The van der Waals surface area contributed by atoms with Gasteiger partial charge < -0.3 is 23.7 Å². The van der Waals surface area contributed by atoms with Crippen LogP contribution < -0.4 is 24.3 Å². The van der Waals surface area contributed by atoms with Crippen LogP contribution in [-0.2, 0) is 11.3 Å². The van der Waals surface area contributed by atoms with E-state index in [1.54, 1.807) is 0 Å². The van der Waals surface area contributed by atoms with Gasteiger partial charge in [-0.2, -0.15) is 0 Å². The van der Waals surface area contributed by atoms with E-state index in [4.69, 9.17) is 18.6 Å². The fraction of sp³-hybridized carbons (Fsp3) is 0.273. The van der Waals surface area contributed by atoms with Crippen LogP contribution in [0.1, 0.15) is 43.6 Å². The number of hydrogen-bond acceptors (Lipinski definition) is 5. The molecule has 1 N–H and O–H groups in total. The van der Waals surface area contributed by atoms with E-state index in [9.17, 15) is 5.11 Å². The van der Waals surface area contributed by atoms with Gasteiger partial charge >= 0.3 is 8.32 Å². The Labute approximate surface area is 232 Å². The minimum absolute atomic E-state index is 0.101.